The second kappa shape index (κ2) is 9.78. The molecule has 1 aliphatic rings. The van der Waals surface area contributed by atoms with E-state index in [0.29, 0.717) is 18.1 Å². The quantitative estimate of drug-likeness (QED) is 0.430. The maximum Gasteiger partial charge on any atom is 0.307 e. The van der Waals surface area contributed by atoms with Crippen molar-refractivity contribution in [3.05, 3.63) is 88.9 Å². The molecule has 0 radical (unpaired) electrons. The van der Waals surface area contributed by atoms with Gasteiger partial charge in [0.05, 0.1) is 30.4 Å². The predicted octanol–water partition coefficient (Wildman–Crippen LogP) is 3.94. The number of carboxylic acid groups (broad SMARTS) is 1. The molecule has 7 heteroatoms. The van der Waals surface area contributed by atoms with Gasteiger partial charge in [-0.2, -0.15) is 0 Å². The number of carboxylic acids is 1. The number of aryl methyl sites for hydroxylation is 1. The van der Waals surface area contributed by atoms with Gasteiger partial charge < -0.3 is 21.1 Å². The number of benzene rings is 2. The molecule has 1 aliphatic heterocycles. The average Bonchev–Trinajstić information content (AvgIpc) is 2.76. The minimum absolute atomic E-state index is 0.00648. The number of rotatable bonds is 8. The number of carbonyl (C=O) groups is 1. The number of hydrogen-bond donors (Lipinski definition) is 4. The molecule has 3 aromatic rings. The Hall–Kier alpha value is -3.45. The first kappa shape index (κ1) is 21.8. The smallest absolute Gasteiger partial charge is 0.307 e. The van der Waals surface area contributed by atoms with Gasteiger partial charge in [0.2, 0.25) is 0 Å². The summed E-state index contributed by atoms with van der Waals surface area (Å²) in [7, 11) is 0. The van der Waals surface area contributed by atoms with E-state index in [0.717, 1.165) is 35.2 Å². The zero-order chi connectivity index (χ0) is 22.5. The van der Waals surface area contributed by atoms with Gasteiger partial charge in [-0.3, -0.25) is 4.79 Å². The minimum Gasteiger partial charge on any atom is -0.481 e. The van der Waals surface area contributed by atoms with Crippen LogP contribution in [0.25, 0.3) is 0 Å². The Morgan fingerprint density at radius 1 is 1.22 bits per heavy atom. The number of pyridine rings is 1. The third-order valence-corrected chi connectivity index (χ3v) is 5.58. The first-order chi connectivity index (χ1) is 15.5. The fraction of sp³-hybridized carbons (Fsp3) is 0.280. The second-order valence-corrected chi connectivity index (χ2v) is 8.17. The maximum absolute atomic E-state index is 13.5. The van der Waals surface area contributed by atoms with Crippen LogP contribution in [-0.2, 0) is 17.6 Å². The van der Waals surface area contributed by atoms with Crippen molar-refractivity contribution in [1.82, 2.24) is 10.3 Å². The van der Waals surface area contributed by atoms with E-state index in [4.69, 9.17) is 5.11 Å². The zero-order valence-corrected chi connectivity index (χ0v) is 17.9. The van der Waals surface area contributed by atoms with Crippen LogP contribution in [0.3, 0.4) is 0 Å². The number of nitrogens with zero attached hydrogens (tertiary/aromatic N) is 1. The summed E-state index contributed by atoms with van der Waals surface area (Å²) in [5.74, 6) is -0.550. The van der Waals surface area contributed by atoms with E-state index in [9.17, 15) is 9.18 Å². The number of hydrogen-bond acceptors (Lipinski definition) is 5. The molecule has 4 rings (SSSR count). The van der Waals surface area contributed by atoms with Crippen LogP contribution in [0.5, 0.6) is 0 Å². The molecule has 2 heterocycles. The van der Waals surface area contributed by atoms with Crippen molar-refractivity contribution in [1.29, 1.82) is 0 Å². The topological polar surface area (TPSA) is 86.3 Å². The lowest BCUT2D eigenvalue weighted by Gasteiger charge is -2.34. The van der Waals surface area contributed by atoms with E-state index in [2.05, 4.69) is 39.1 Å². The highest BCUT2D eigenvalue weighted by Gasteiger charge is 2.27. The van der Waals surface area contributed by atoms with E-state index >= 15 is 0 Å². The van der Waals surface area contributed by atoms with E-state index < -0.39 is 5.97 Å². The SMILES string of the molecule is Cc1cc(CCN[C@H](c2ccccc2)[C@H]2CNc3cc(F)cnc3N2)cc(CC(=O)O)c1. The van der Waals surface area contributed by atoms with Crippen molar-refractivity contribution >= 4 is 17.5 Å². The van der Waals surface area contributed by atoms with Gasteiger partial charge in [-0.1, -0.05) is 54.1 Å². The van der Waals surface area contributed by atoms with E-state index in [1.165, 1.54) is 12.3 Å². The number of nitrogens with one attached hydrogen (secondary N) is 3. The number of anilines is 2. The highest BCUT2D eigenvalue weighted by atomic mass is 19.1. The first-order valence-electron chi connectivity index (χ1n) is 10.7. The monoisotopic (exact) mass is 434 g/mol. The van der Waals surface area contributed by atoms with Crippen molar-refractivity contribution in [2.75, 3.05) is 23.7 Å². The summed E-state index contributed by atoms with van der Waals surface area (Å²) in [6.07, 6.45) is 2.02. The lowest BCUT2D eigenvalue weighted by Crippen LogP contribution is -2.44. The number of aliphatic carboxylic acids is 1. The van der Waals surface area contributed by atoms with E-state index in [-0.39, 0.29) is 24.3 Å². The van der Waals surface area contributed by atoms with Crippen molar-refractivity contribution < 1.29 is 14.3 Å². The molecular formula is C25H27FN4O2. The summed E-state index contributed by atoms with van der Waals surface area (Å²) in [4.78, 5) is 15.3. The Balaban J connectivity index is 1.47. The van der Waals surface area contributed by atoms with Gasteiger partial charge in [0, 0.05) is 12.6 Å². The summed E-state index contributed by atoms with van der Waals surface area (Å²) in [5.41, 5.74) is 4.80. The molecule has 0 amide bonds. The molecule has 0 bridgehead atoms. The molecule has 2 aromatic carbocycles. The summed E-state index contributed by atoms with van der Waals surface area (Å²) in [5, 5.41) is 19.5. The number of halogens is 1. The Morgan fingerprint density at radius 3 is 2.78 bits per heavy atom. The van der Waals surface area contributed by atoms with Crippen LogP contribution in [0.4, 0.5) is 15.9 Å². The molecule has 0 aliphatic carbocycles. The van der Waals surface area contributed by atoms with Gasteiger partial charge in [-0.05, 0) is 36.6 Å². The normalized spacial score (nSPS) is 15.9. The molecule has 4 N–H and O–H groups in total. The van der Waals surface area contributed by atoms with Gasteiger partial charge in [0.25, 0.3) is 0 Å². The van der Waals surface area contributed by atoms with Crippen LogP contribution in [0.15, 0.2) is 60.8 Å². The van der Waals surface area contributed by atoms with Crippen LogP contribution in [-0.4, -0.2) is 35.2 Å². The second-order valence-electron chi connectivity index (χ2n) is 8.17. The fourth-order valence-corrected chi connectivity index (χ4v) is 4.23. The van der Waals surface area contributed by atoms with Crippen LogP contribution in [0.1, 0.15) is 28.3 Å². The maximum atomic E-state index is 13.5. The van der Waals surface area contributed by atoms with Gasteiger partial charge in [-0.25, -0.2) is 9.37 Å². The highest BCUT2D eigenvalue weighted by molar-refractivity contribution is 5.70. The summed E-state index contributed by atoms with van der Waals surface area (Å²) in [6.45, 7) is 3.33. The lowest BCUT2D eigenvalue weighted by atomic mass is 9.97. The number of aromatic nitrogens is 1. The molecular weight excluding hydrogens is 407 g/mol. The molecule has 0 fully saturated rings. The van der Waals surface area contributed by atoms with Crippen molar-refractivity contribution in [2.45, 2.75) is 31.8 Å². The molecule has 0 unspecified atom stereocenters. The van der Waals surface area contributed by atoms with Crippen molar-refractivity contribution in [2.24, 2.45) is 0 Å². The highest BCUT2D eigenvalue weighted by Crippen LogP contribution is 2.29. The largest absolute Gasteiger partial charge is 0.481 e. The lowest BCUT2D eigenvalue weighted by molar-refractivity contribution is -0.136. The first-order valence-corrected chi connectivity index (χ1v) is 10.7. The minimum atomic E-state index is -0.825. The summed E-state index contributed by atoms with van der Waals surface area (Å²) >= 11 is 0. The average molecular weight is 435 g/mol. The Labute approximate surface area is 186 Å². The molecule has 166 valence electrons. The molecule has 0 saturated carbocycles. The van der Waals surface area contributed by atoms with Crippen LogP contribution in [0, 0.1) is 12.7 Å². The Kier molecular flexibility index (Phi) is 6.66. The summed E-state index contributed by atoms with van der Waals surface area (Å²) < 4.78 is 13.5. The molecule has 32 heavy (non-hydrogen) atoms. The predicted molar refractivity (Wildman–Crippen MR) is 124 cm³/mol. The third-order valence-electron chi connectivity index (χ3n) is 5.58. The molecule has 6 nitrogen and oxygen atoms in total. The Bertz CT molecular complexity index is 1090. The number of fused-ring (bicyclic) bond motifs is 1. The Morgan fingerprint density at radius 2 is 2.00 bits per heavy atom. The molecule has 1 aromatic heterocycles. The van der Waals surface area contributed by atoms with Crippen LogP contribution >= 0.6 is 0 Å². The summed E-state index contributed by atoms with van der Waals surface area (Å²) in [6, 6.07) is 17.6. The third kappa shape index (κ3) is 5.42. The van der Waals surface area contributed by atoms with Gasteiger partial charge in [0.15, 0.2) is 0 Å². The van der Waals surface area contributed by atoms with Crippen LogP contribution in [0.2, 0.25) is 0 Å². The fourth-order valence-electron chi connectivity index (χ4n) is 4.23. The van der Waals surface area contributed by atoms with Crippen molar-refractivity contribution in [3.63, 3.8) is 0 Å². The van der Waals surface area contributed by atoms with Gasteiger partial charge >= 0.3 is 5.97 Å². The molecule has 0 spiro atoms. The van der Waals surface area contributed by atoms with Crippen molar-refractivity contribution in [3.8, 4) is 0 Å². The molecule has 0 saturated heterocycles. The molecule has 2 atom stereocenters. The van der Waals surface area contributed by atoms with Crippen LogP contribution < -0.4 is 16.0 Å². The zero-order valence-electron chi connectivity index (χ0n) is 17.9. The van der Waals surface area contributed by atoms with E-state index in [1.54, 1.807) is 0 Å². The standard InChI is InChI=1S/C25H27FN4O2/c1-16-9-17(11-18(10-16)12-23(31)32)7-8-27-24(19-5-3-2-4-6-19)22-15-28-21-13-20(26)14-29-25(21)30-22/h2-6,9-11,13-14,22,24,27-28H,7-8,12,15H2,1H3,(H,29,30)(H,31,32)/t22-,24-/m1/s1. The van der Waals surface area contributed by atoms with E-state index in [1.807, 2.05) is 37.3 Å². The van der Waals surface area contributed by atoms with Gasteiger partial charge in [0.1, 0.15) is 11.6 Å². The van der Waals surface area contributed by atoms with Gasteiger partial charge in [-0.15, -0.1) is 0 Å².